The molecule has 2 N–H and O–H groups in total. The molecule has 1 atom stereocenters. The monoisotopic (exact) mass is 532 g/mol. The lowest BCUT2D eigenvalue weighted by atomic mass is 9.99. The summed E-state index contributed by atoms with van der Waals surface area (Å²) in [5.74, 6) is -1.76. The molecule has 0 fully saturated rings. The quantitative estimate of drug-likeness (QED) is 0.114. The molecular formula is C32H52O6. The Morgan fingerprint density at radius 3 is 1.42 bits per heavy atom. The van der Waals surface area contributed by atoms with Gasteiger partial charge < -0.3 is 14.9 Å². The van der Waals surface area contributed by atoms with Gasteiger partial charge in [-0.05, 0) is 55.7 Å². The van der Waals surface area contributed by atoms with Crippen molar-refractivity contribution in [3.63, 3.8) is 0 Å². The van der Waals surface area contributed by atoms with Crippen LogP contribution >= 0.6 is 0 Å². The van der Waals surface area contributed by atoms with Gasteiger partial charge in [-0.15, -0.1) is 0 Å². The summed E-state index contributed by atoms with van der Waals surface area (Å²) in [5.41, 5.74) is -0.601. The molecular weight excluding hydrogens is 480 g/mol. The Labute approximate surface area is 230 Å². The summed E-state index contributed by atoms with van der Waals surface area (Å²) in [4.78, 5) is 35.9. The van der Waals surface area contributed by atoms with E-state index in [2.05, 4.69) is 27.7 Å². The Morgan fingerprint density at radius 2 is 1.03 bits per heavy atom. The average molecular weight is 533 g/mol. The second kappa shape index (κ2) is 19.7. The molecule has 6 heteroatoms. The van der Waals surface area contributed by atoms with Gasteiger partial charge in [-0.25, -0.2) is 14.4 Å². The molecule has 1 rings (SSSR count). The van der Waals surface area contributed by atoms with Gasteiger partial charge in [0.25, 0.3) is 0 Å². The third-order valence-corrected chi connectivity index (χ3v) is 7.11. The van der Waals surface area contributed by atoms with Crippen LogP contribution in [0.25, 0.3) is 0 Å². The highest BCUT2D eigenvalue weighted by atomic mass is 16.5. The van der Waals surface area contributed by atoms with E-state index in [0.29, 0.717) is 0 Å². The number of benzene rings is 1. The molecule has 0 spiro atoms. The van der Waals surface area contributed by atoms with Crippen molar-refractivity contribution in [3.8, 4) is 0 Å². The van der Waals surface area contributed by atoms with E-state index >= 15 is 0 Å². The Balaban J connectivity index is 2.62. The molecule has 0 aliphatic carbocycles. The van der Waals surface area contributed by atoms with E-state index in [0.717, 1.165) is 56.4 Å². The molecule has 1 aromatic carbocycles. The maximum absolute atomic E-state index is 12.9. The number of hydrogen-bond acceptors (Lipinski definition) is 4. The van der Waals surface area contributed by atoms with Gasteiger partial charge in [0.1, 0.15) is 6.10 Å². The third kappa shape index (κ3) is 15.1. The summed E-state index contributed by atoms with van der Waals surface area (Å²) in [6.07, 6.45) is 17.9. The summed E-state index contributed by atoms with van der Waals surface area (Å²) in [5, 5.41) is 18.7. The lowest BCUT2D eigenvalue weighted by molar-refractivity contribution is 0.0243. The summed E-state index contributed by atoms with van der Waals surface area (Å²) >= 11 is 0. The molecule has 0 amide bonds. The van der Waals surface area contributed by atoms with Gasteiger partial charge in [-0.2, -0.15) is 0 Å². The number of hydrogen-bond donors (Lipinski definition) is 2. The molecule has 0 bridgehead atoms. The van der Waals surface area contributed by atoms with E-state index in [-0.39, 0.29) is 22.8 Å². The predicted molar refractivity (Wildman–Crippen MR) is 153 cm³/mol. The molecule has 0 aliphatic heterocycles. The highest BCUT2D eigenvalue weighted by Gasteiger charge is 2.23. The minimum atomic E-state index is -1.34. The van der Waals surface area contributed by atoms with Crippen LogP contribution in [0.15, 0.2) is 18.2 Å². The van der Waals surface area contributed by atoms with E-state index in [9.17, 15) is 24.6 Å². The largest absolute Gasteiger partial charge is 0.478 e. The third-order valence-electron chi connectivity index (χ3n) is 7.11. The van der Waals surface area contributed by atoms with Gasteiger partial charge in [0, 0.05) is 0 Å². The van der Waals surface area contributed by atoms with Crippen molar-refractivity contribution in [3.05, 3.63) is 34.9 Å². The average Bonchev–Trinajstić information content (AvgIpc) is 2.85. The number of esters is 1. The first-order chi connectivity index (χ1) is 18.1. The fourth-order valence-electron chi connectivity index (χ4n) is 4.77. The maximum Gasteiger partial charge on any atom is 0.339 e. The van der Waals surface area contributed by atoms with Crippen LogP contribution in [-0.2, 0) is 4.74 Å². The first-order valence-electron chi connectivity index (χ1n) is 14.9. The summed E-state index contributed by atoms with van der Waals surface area (Å²) in [7, 11) is 0. The first kappa shape index (κ1) is 33.7. The molecule has 216 valence electrons. The van der Waals surface area contributed by atoms with Crippen LogP contribution in [0.3, 0.4) is 0 Å². The minimum Gasteiger partial charge on any atom is -0.478 e. The smallest absolute Gasteiger partial charge is 0.339 e. The lowest BCUT2D eigenvalue weighted by Crippen LogP contribution is -2.21. The molecule has 0 radical (unpaired) electrons. The van der Waals surface area contributed by atoms with Crippen molar-refractivity contribution in [1.29, 1.82) is 0 Å². The lowest BCUT2D eigenvalue weighted by Gasteiger charge is -2.19. The van der Waals surface area contributed by atoms with Crippen molar-refractivity contribution in [2.45, 2.75) is 137 Å². The van der Waals surface area contributed by atoms with Crippen LogP contribution in [-0.4, -0.2) is 34.2 Å². The molecule has 0 saturated carbocycles. The predicted octanol–water partition coefficient (Wildman–Crippen LogP) is 9.16. The van der Waals surface area contributed by atoms with E-state index in [1.807, 2.05) is 0 Å². The van der Waals surface area contributed by atoms with Crippen molar-refractivity contribution in [1.82, 2.24) is 0 Å². The van der Waals surface area contributed by atoms with Crippen LogP contribution in [0.4, 0.5) is 0 Å². The summed E-state index contributed by atoms with van der Waals surface area (Å²) in [6, 6.07) is 3.52. The van der Waals surface area contributed by atoms with Crippen molar-refractivity contribution in [2.75, 3.05) is 0 Å². The van der Waals surface area contributed by atoms with Crippen LogP contribution < -0.4 is 0 Å². The van der Waals surface area contributed by atoms with Gasteiger partial charge in [0.2, 0.25) is 0 Å². The van der Waals surface area contributed by atoms with E-state index < -0.39 is 17.9 Å². The zero-order valence-corrected chi connectivity index (χ0v) is 24.3. The molecule has 0 heterocycles. The number of carboxylic acids is 2. The topological polar surface area (TPSA) is 101 Å². The van der Waals surface area contributed by atoms with Crippen molar-refractivity contribution >= 4 is 17.9 Å². The number of ether oxygens (including phenoxy) is 1. The normalized spacial score (nSPS) is 12.2. The van der Waals surface area contributed by atoms with Crippen molar-refractivity contribution in [2.24, 2.45) is 11.8 Å². The first-order valence-corrected chi connectivity index (χ1v) is 14.9. The molecule has 0 aromatic heterocycles. The summed E-state index contributed by atoms with van der Waals surface area (Å²) in [6.45, 7) is 9.03. The highest BCUT2D eigenvalue weighted by Crippen LogP contribution is 2.21. The second-order valence-corrected chi connectivity index (χ2v) is 11.6. The number of aromatic carboxylic acids is 2. The van der Waals surface area contributed by atoms with Gasteiger partial charge in [0.15, 0.2) is 0 Å². The Bertz CT molecular complexity index is 829. The van der Waals surface area contributed by atoms with Crippen LogP contribution in [0.5, 0.6) is 0 Å². The molecule has 6 nitrogen and oxygen atoms in total. The Hall–Kier alpha value is -2.37. The van der Waals surface area contributed by atoms with Crippen LogP contribution in [0.1, 0.15) is 162 Å². The molecule has 1 unspecified atom stereocenters. The molecule has 0 saturated heterocycles. The van der Waals surface area contributed by atoms with Gasteiger partial charge in [0.05, 0.1) is 16.7 Å². The molecule has 38 heavy (non-hydrogen) atoms. The fraction of sp³-hybridized carbons (Fsp3) is 0.719. The van der Waals surface area contributed by atoms with Gasteiger partial charge >= 0.3 is 17.9 Å². The Kier molecular flexibility index (Phi) is 17.4. The zero-order valence-electron chi connectivity index (χ0n) is 24.3. The number of rotatable bonds is 22. The van der Waals surface area contributed by atoms with Crippen molar-refractivity contribution < 1.29 is 29.3 Å². The van der Waals surface area contributed by atoms with Crippen LogP contribution in [0.2, 0.25) is 0 Å². The van der Waals surface area contributed by atoms with Gasteiger partial charge in [-0.3, -0.25) is 0 Å². The number of carbonyl (C=O) groups excluding carboxylic acids is 1. The fourth-order valence-corrected chi connectivity index (χ4v) is 4.77. The minimum absolute atomic E-state index is 0.0948. The highest BCUT2D eigenvalue weighted by molar-refractivity contribution is 6.04. The number of carbonyl (C=O) groups is 3. The van der Waals surface area contributed by atoms with E-state index in [1.54, 1.807) is 0 Å². The maximum atomic E-state index is 12.9. The summed E-state index contributed by atoms with van der Waals surface area (Å²) < 4.78 is 5.82. The number of unbranched alkanes of at least 4 members (excludes halogenated alkanes) is 10. The van der Waals surface area contributed by atoms with E-state index in [1.165, 1.54) is 76.3 Å². The van der Waals surface area contributed by atoms with E-state index in [4.69, 9.17) is 4.74 Å². The second-order valence-electron chi connectivity index (χ2n) is 11.6. The van der Waals surface area contributed by atoms with Gasteiger partial charge in [-0.1, -0.05) is 105 Å². The Morgan fingerprint density at radius 1 is 0.605 bits per heavy atom. The molecule has 1 aromatic rings. The number of carboxylic acid groups (broad SMARTS) is 2. The SMILES string of the molecule is CC(C)CCCCCCCCCC(CCCCCCCC(C)C)OC(=O)c1ccc(C(=O)O)cc1C(=O)O. The van der Waals surface area contributed by atoms with Crippen LogP contribution in [0, 0.1) is 11.8 Å². The standard InChI is InChI=1S/C32H52O6/c1-24(2)17-13-9-6-5-7-11-15-19-27(20-16-12-8-10-14-18-25(3)4)38-32(37)28-22-21-26(30(33)34)23-29(28)31(35)36/h21-25,27H,5-20H2,1-4H3,(H,33,34)(H,35,36). The zero-order chi connectivity index (χ0) is 28.3. The molecule has 0 aliphatic rings.